The zero-order valence-electron chi connectivity index (χ0n) is 10.2. The van der Waals surface area contributed by atoms with Gasteiger partial charge >= 0.3 is 0 Å². The highest BCUT2D eigenvalue weighted by Crippen LogP contribution is 2.08. The van der Waals surface area contributed by atoms with E-state index in [4.69, 9.17) is 0 Å². The van der Waals surface area contributed by atoms with E-state index in [0.29, 0.717) is 6.42 Å². The number of aldehydes is 1. The molecule has 0 atom stereocenters. The van der Waals surface area contributed by atoms with E-state index in [2.05, 4.69) is 11.9 Å². The molecule has 0 aromatic heterocycles. The minimum Gasteiger partial charge on any atom is -0.303 e. The molecule has 0 spiro atoms. The molecule has 0 heterocycles. The van der Waals surface area contributed by atoms with Crippen molar-refractivity contribution in [2.45, 2.75) is 39.5 Å². The highest BCUT2D eigenvalue weighted by molar-refractivity contribution is 5.62. The van der Waals surface area contributed by atoms with E-state index < -0.39 is 0 Å². The van der Waals surface area contributed by atoms with Crippen molar-refractivity contribution in [2.24, 2.45) is 4.99 Å². The van der Waals surface area contributed by atoms with E-state index in [1.165, 1.54) is 0 Å². The van der Waals surface area contributed by atoms with E-state index in [0.717, 1.165) is 31.2 Å². The standard InChI is InChI=1S/C10H13N.C4H8O/c1-2-3-9-11-10-7-5-4-6-8-10;1-2-3-4-5/h4-9H,2-3H2,1H3;4H,2-3H2,1H3. The molecule has 1 rings (SSSR count). The lowest BCUT2D eigenvalue weighted by molar-refractivity contribution is -0.107. The van der Waals surface area contributed by atoms with Crippen molar-refractivity contribution in [3.05, 3.63) is 30.3 Å². The molecular weight excluding hydrogens is 198 g/mol. The molecule has 0 fully saturated rings. The number of aliphatic imine (C=N–C) groups is 1. The first-order valence-electron chi connectivity index (χ1n) is 5.86. The summed E-state index contributed by atoms with van der Waals surface area (Å²) in [7, 11) is 0. The second-order valence-electron chi connectivity index (χ2n) is 3.39. The summed E-state index contributed by atoms with van der Waals surface area (Å²) < 4.78 is 0. The Labute approximate surface area is 98.4 Å². The van der Waals surface area contributed by atoms with Gasteiger partial charge in [-0.1, -0.05) is 38.5 Å². The topological polar surface area (TPSA) is 29.4 Å². The predicted molar refractivity (Wildman–Crippen MR) is 70.5 cm³/mol. The predicted octanol–water partition coefficient (Wildman–Crippen LogP) is 4.17. The average Bonchev–Trinajstić information content (AvgIpc) is 2.33. The lowest BCUT2D eigenvalue weighted by atomic mass is 10.3. The van der Waals surface area contributed by atoms with Crippen molar-refractivity contribution in [2.75, 3.05) is 0 Å². The summed E-state index contributed by atoms with van der Waals surface area (Å²) in [5.74, 6) is 0. The molecule has 0 aliphatic carbocycles. The molecular formula is C14H21NO. The number of nitrogens with zero attached hydrogens (tertiary/aromatic N) is 1. The number of carbonyl (C=O) groups is 1. The van der Waals surface area contributed by atoms with Gasteiger partial charge in [-0.05, 0) is 25.0 Å². The Bertz CT molecular complexity index is 280. The number of rotatable bonds is 5. The van der Waals surface area contributed by atoms with E-state index in [-0.39, 0.29) is 0 Å². The molecule has 2 nitrogen and oxygen atoms in total. The van der Waals surface area contributed by atoms with Crippen LogP contribution in [0.2, 0.25) is 0 Å². The first-order valence-corrected chi connectivity index (χ1v) is 5.86. The fourth-order valence-electron chi connectivity index (χ4n) is 0.931. The van der Waals surface area contributed by atoms with Crippen molar-refractivity contribution in [3.63, 3.8) is 0 Å². The van der Waals surface area contributed by atoms with Crippen LogP contribution in [0.4, 0.5) is 5.69 Å². The van der Waals surface area contributed by atoms with Crippen LogP contribution in [0.5, 0.6) is 0 Å². The summed E-state index contributed by atoms with van der Waals surface area (Å²) in [6, 6.07) is 10.0. The summed E-state index contributed by atoms with van der Waals surface area (Å²) in [5.41, 5.74) is 1.04. The summed E-state index contributed by atoms with van der Waals surface area (Å²) in [4.78, 5) is 13.7. The second-order valence-corrected chi connectivity index (χ2v) is 3.39. The van der Waals surface area contributed by atoms with Gasteiger partial charge < -0.3 is 4.79 Å². The Morgan fingerprint density at radius 2 is 1.69 bits per heavy atom. The lowest BCUT2D eigenvalue weighted by Gasteiger charge is -1.89. The third kappa shape index (κ3) is 9.13. The van der Waals surface area contributed by atoms with Crippen LogP contribution < -0.4 is 0 Å². The zero-order valence-corrected chi connectivity index (χ0v) is 10.2. The molecule has 16 heavy (non-hydrogen) atoms. The number of para-hydroxylation sites is 1. The molecule has 1 aromatic rings. The van der Waals surface area contributed by atoms with Gasteiger partial charge in [-0.2, -0.15) is 0 Å². The molecule has 0 saturated carbocycles. The number of hydrogen-bond acceptors (Lipinski definition) is 2. The molecule has 88 valence electrons. The quantitative estimate of drug-likeness (QED) is 0.539. The van der Waals surface area contributed by atoms with Gasteiger partial charge in [0.1, 0.15) is 6.29 Å². The Balaban J connectivity index is 0.000000385. The zero-order chi connectivity index (χ0) is 12.1. The number of hydrogen-bond donors (Lipinski definition) is 0. The fourth-order valence-corrected chi connectivity index (χ4v) is 0.931. The highest BCUT2D eigenvalue weighted by Gasteiger charge is 1.81. The largest absolute Gasteiger partial charge is 0.303 e. The van der Waals surface area contributed by atoms with Crippen molar-refractivity contribution < 1.29 is 4.79 Å². The number of benzene rings is 1. The molecule has 0 aliphatic rings. The average molecular weight is 219 g/mol. The Kier molecular flexibility index (Phi) is 10.6. The molecule has 0 aliphatic heterocycles. The van der Waals surface area contributed by atoms with E-state index in [1.807, 2.05) is 43.5 Å². The van der Waals surface area contributed by atoms with Crippen molar-refractivity contribution in [3.8, 4) is 0 Å². The van der Waals surface area contributed by atoms with Gasteiger partial charge in [-0.15, -0.1) is 0 Å². The molecule has 0 N–H and O–H groups in total. The fraction of sp³-hybridized carbons (Fsp3) is 0.429. The van der Waals surface area contributed by atoms with Gasteiger partial charge in [0.05, 0.1) is 5.69 Å². The minimum absolute atomic E-state index is 0.708. The summed E-state index contributed by atoms with van der Waals surface area (Å²) in [6.45, 7) is 4.13. The smallest absolute Gasteiger partial charge is 0.119 e. The summed E-state index contributed by atoms with van der Waals surface area (Å²) in [6.07, 6.45) is 6.81. The Morgan fingerprint density at radius 3 is 2.12 bits per heavy atom. The second kappa shape index (κ2) is 11.6. The lowest BCUT2D eigenvalue weighted by Crippen LogP contribution is -1.70. The van der Waals surface area contributed by atoms with Crippen molar-refractivity contribution in [1.82, 2.24) is 0 Å². The van der Waals surface area contributed by atoms with Crippen LogP contribution in [0.1, 0.15) is 39.5 Å². The maximum atomic E-state index is 9.40. The van der Waals surface area contributed by atoms with Crippen molar-refractivity contribution in [1.29, 1.82) is 0 Å². The maximum Gasteiger partial charge on any atom is 0.119 e. The van der Waals surface area contributed by atoms with Crippen molar-refractivity contribution >= 4 is 18.2 Å². The molecule has 0 radical (unpaired) electrons. The van der Waals surface area contributed by atoms with Gasteiger partial charge in [0, 0.05) is 12.6 Å². The molecule has 0 amide bonds. The summed E-state index contributed by atoms with van der Waals surface area (Å²) >= 11 is 0. The van der Waals surface area contributed by atoms with Crippen LogP contribution in [0, 0.1) is 0 Å². The van der Waals surface area contributed by atoms with Gasteiger partial charge in [-0.3, -0.25) is 4.99 Å². The first kappa shape index (κ1) is 14.6. The van der Waals surface area contributed by atoms with Crippen LogP contribution in [0.3, 0.4) is 0 Å². The monoisotopic (exact) mass is 219 g/mol. The summed E-state index contributed by atoms with van der Waals surface area (Å²) in [5, 5.41) is 0. The molecule has 2 heteroatoms. The SMILES string of the molecule is CCCC=Nc1ccccc1.CCCC=O. The molecule has 0 bridgehead atoms. The van der Waals surface area contributed by atoms with Crippen LogP contribution in [-0.4, -0.2) is 12.5 Å². The number of carbonyl (C=O) groups excluding carboxylic acids is 1. The first-order chi connectivity index (χ1) is 7.85. The van der Waals surface area contributed by atoms with Gasteiger partial charge in [0.2, 0.25) is 0 Å². The van der Waals surface area contributed by atoms with Gasteiger partial charge in [0.25, 0.3) is 0 Å². The Hall–Kier alpha value is -1.44. The van der Waals surface area contributed by atoms with E-state index >= 15 is 0 Å². The minimum atomic E-state index is 0.708. The van der Waals surface area contributed by atoms with E-state index in [9.17, 15) is 4.79 Å². The van der Waals surface area contributed by atoms with Crippen LogP contribution in [0.15, 0.2) is 35.3 Å². The van der Waals surface area contributed by atoms with Gasteiger partial charge in [0.15, 0.2) is 0 Å². The maximum absolute atomic E-state index is 9.40. The van der Waals surface area contributed by atoms with Crippen LogP contribution in [-0.2, 0) is 4.79 Å². The number of unbranched alkanes of at least 4 members (excludes halogenated alkanes) is 2. The van der Waals surface area contributed by atoms with E-state index in [1.54, 1.807) is 0 Å². The normalized spacial score (nSPS) is 9.62. The highest BCUT2D eigenvalue weighted by atomic mass is 16.1. The third-order valence-corrected chi connectivity index (χ3v) is 1.82. The van der Waals surface area contributed by atoms with Crippen LogP contribution >= 0.6 is 0 Å². The van der Waals surface area contributed by atoms with Gasteiger partial charge in [-0.25, -0.2) is 0 Å². The molecule has 1 aromatic carbocycles. The molecule has 0 saturated heterocycles. The third-order valence-electron chi connectivity index (χ3n) is 1.82. The molecule has 0 unspecified atom stereocenters. The van der Waals surface area contributed by atoms with Crippen LogP contribution in [0.25, 0.3) is 0 Å². The Morgan fingerprint density at radius 1 is 1.06 bits per heavy atom.